The van der Waals surface area contributed by atoms with E-state index in [-0.39, 0.29) is 5.69 Å². The summed E-state index contributed by atoms with van der Waals surface area (Å²) in [6, 6.07) is 5.72. The van der Waals surface area contributed by atoms with E-state index in [2.05, 4.69) is 14.9 Å². The molecule has 13 heteroatoms. The molecule has 2 aromatic rings. The van der Waals surface area contributed by atoms with Crippen LogP contribution in [0.4, 0.5) is 5.69 Å². The average Bonchev–Trinajstić information content (AvgIpc) is 3.27. The molecule has 1 aliphatic heterocycles. The molecule has 5 N–H and O–H groups in total. The van der Waals surface area contributed by atoms with E-state index < -0.39 is 50.7 Å². The van der Waals surface area contributed by atoms with Gasteiger partial charge in [-0.1, -0.05) is 5.09 Å². The maximum atomic E-state index is 12.0. The number of nitrogens with one attached hydrogen (secondary N) is 1. The van der Waals surface area contributed by atoms with Gasteiger partial charge in [-0.25, -0.2) is 4.52 Å². The molecule has 3 heterocycles. The summed E-state index contributed by atoms with van der Waals surface area (Å²) in [5, 5.41) is 37.4. The molecule has 1 saturated heterocycles. The normalized spacial score (nSPS) is 27.6. The van der Waals surface area contributed by atoms with E-state index in [1.807, 2.05) is 6.07 Å². The molecular formula is C17H21N5O7P+. The van der Waals surface area contributed by atoms with Crippen LogP contribution in [0, 0.1) is 11.3 Å². The van der Waals surface area contributed by atoms with E-state index in [4.69, 9.17) is 15.0 Å². The molecule has 0 aliphatic carbocycles. The van der Waals surface area contributed by atoms with Crippen molar-refractivity contribution < 1.29 is 33.6 Å². The lowest BCUT2D eigenvalue weighted by Gasteiger charge is -2.24. The zero-order chi connectivity index (χ0) is 22.1. The Labute approximate surface area is 172 Å². The highest BCUT2D eigenvalue weighted by Crippen LogP contribution is 2.41. The molecule has 0 bridgehead atoms. The lowest BCUT2D eigenvalue weighted by Crippen LogP contribution is -2.41. The molecule has 0 saturated carbocycles. The molecule has 12 nitrogen and oxygen atoms in total. The number of anilines is 1. The molecule has 0 aromatic carbocycles. The number of hydrogen-bond acceptors (Lipinski definition) is 10. The van der Waals surface area contributed by atoms with Gasteiger partial charge in [0.25, 0.3) is 0 Å². The number of rotatable bonds is 7. The zero-order valence-corrected chi connectivity index (χ0v) is 17.0. The van der Waals surface area contributed by atoms with Gasteiger partial charge in [-0.2, -0.15) is 10.4 Å². The van der Waals surface area contributed by atoms with Crippen LogP contribution in [0.25, 0.3) is 5.52 Å². The van der Waals surface area contributed by atoms with Gasteiger partial charge in [-0.15, -0.1) is 4.52 Å². The van der Waals surface area contributed by atoms with Gasteiger partial charge < -0.3 is 25.4 Å². The Hall–Kier alpha value is -2.65. The monoisotopic (exact) mass is 438 g/mol. The first kappa shape index (κ1) is 22.0. The summed E-state index contributed by atoms with van der Waals surface area (Å²) in [7, 11) is -1.32. The van der Waals surface area contributed by atoms with Gasteiger partial charge in [0.2, 0.25) is 5.60 Å². The van der Waals surface area contributed by atoms with Crippen LogP contribution >= 0.6 is 8.18 Å². The fourth-order valence-electron chi connectivity index (χ4n) is 3.20. The minimum Gasteiger partial charge on any atom is -0.468 e. The minimum atomic E-state index is -2.51. The van der Waals surface area contributed by atoms with Crippen LogP contribution in [0.2, 0.25) is 0 Å². The summed E-state index contributed by atoms with van der Waals surface area (Å²) in [6.07, 6.45) is -2.91. The molecule has 1 fully saturated rings. The minimum absolute atomic E-state index is 0.170. The lowest BCUT2D eigenvalue weighted by molar-refractivity contribution is -0.142. The average molecular weight is 438 g/mol. The standard InChI is InChI=1S/C17H21N5O7P/c1-9(16(25)27-2)21-30(26)28-7-12-14(23)15(24)17(8-18,29-12)13-4-3-11-10(19)5-6-20-22(11)13/h3-6,9,12,14-15,23-24H,7,19H2,1-2H3,(H,21,26)/q+1/t9-,12+,14+,15+,17-/m0/s1. The zero-order valence-electron chi connectivity index (χ0n) is 16.1. The molecule has 160 valence electrons. The van der Waals surface area contributed by atoms with E-state index >= 15 is 0 Å². The van der Waals surface area contributed by atoms with Gasteiger partial charge in [0.1, 0.15) is 37.0 Å². The molecule has 30 heavy (non-hydrogen) atoms. The maximum absolute atomic E-state index is 12.0. The molecule has 1 unspecified atom stereocenters. The molecule has 0 amide bonds. The number of hydrogen-bond donors (Lipinski definition) is 4. The Balaban J connectivity index is 1.78. The number of nitrogens with zero attached hydrogens (tertiary/aromatic N) is 3. The Morgan fingerprint density at radius 3 is 2.93 bits per heavy atom. The van der Waals surface area contributed by atoms with Crippen molar-refractivity contribution in [3.05, 3.63) is 30.1 Å². The number of aromatic nitrogens is 2. The molecule has 2 aromatic heterocycles. The highest BCUT2D eigenvalue weighted by molar-refractivity contribution is 7.36. The summed E-state index contributed by atoms with van der Waals surface area (Å²) in [4.78, 5) is 11.4. The third-order valence-corrected chi connectivity index (χ3v) is 5.78. The van der Waals surface area contributed by atoms with Gasteiger partial charge in [-0.05, 0) is 29.7 Å². The van der Waals surface area contributed by atoms with Crippen molar-refractivity contribution in [1.82, 2.24) is 14.7 Å². The topological polar surface area (TPSA) is 181 Å². The van der Waals surface area contributed by atoms with Crippen LogP contribution in [-0.2, 0) is 29.0 Å². The number of carbonyl (C=O) groups is 1. The van der Waals surface area contributed by atoms with E-state index in [0.29, 0.717) is 11.2 Å². The lowest BCUT2D eigenvalue weighted by atomic mass is 9.92. The predicted octanol–water partition coefficient (Wildman–Crippen LogP) is -0.419. The smallest absolute Gasteiger partial charge is 0.468 e. The highest BCUT2D eigenvalue weighted by Gasteiger charge is 2.58. The van der Waals surface area contributed by atoms with Crippen molar-refractivity contribution in [1.29, 1.82) is 5.26 Å². The van der Waals surface area contributed by atoms with Crippen molar-refractivity contribution >= 4 is 25.4 Å². The molecule has 0 spiro atoms. The Kier molecular flexibility index (Phi) is 6.33. The highest BCUT2D eigenvalue weighted by atomic mass is 31.1. The van der Waals surface area contributed by atoms with Crippen LogP contribution in [0.5, 0.6) is 0 Å². The SMILES string of the molecule is COC(=O)[C@H](C)N[P+](=O)OC[C@H]1O[C@@](C#N)(c2ccc3c(N)ccnn23)[C@H](O)[C@@H]1O. The van der Waals surface area contributed by atoms with Gasteiger partial charge in [0.05, 0.1) is 24.0 Å². The number of methoxy groups -OCH3 is 1. The quantitative estimate of drug-likeness (QED) is 0.325. The number of nitrogen functional groups attached to an aromatic ring is 1. The van der Waals surface area contributed by atoms with E-state index in [1.54, 1.807) is 12.1 Å². The Morgan fingerprint density at radius 2 is 2.27 bits per heavy atom. The number of nitrogens with two attached hydrogens (primary N) is 1. The Bertz CT molecular complexity index is 1010. The van der Waals surface area contributed by atoms with Crippen molar-refractivity contribution in [3.8, 4) is 6.07 Å². The number of esters is 1. The second kappa shape index (κ2) is 8.61. The van der Waals surface area contributed by atoms with Crippen LogP contribution in [0.3, 0.4) is 0 Å². The summed E-state index contributed by atoms with van der Waals surface area (Å²) < 4.78 is 28.7. The van der Waals surface area contributed by atoms with E-state index in [0.717, 1.165) is 0 Å². The van der Waals surface area contributed by atoms with Crippen LogP contribution in [0.15, 0.2) is 24.4 Å². The van der Waals surface area contributed by atoms with Crippen molar-refractivity contribution in [2.45, 2.75) is 36.9 Å². The number of aliphatic hydroxyl groups is 2. The van der Waals surface area contributed by atoms with E-state index in [9.17, 15) is 24.8 Å². The van der Waals surface area contributed by atoms with E-state index in [1.165, 1.54) is 30.8 Å². The Morgan fingerprint density at radius 1 is 1.53 bits per heavy atom. The largest absolute Gasteiger partial charge is 0.613 e. The fraction of sp³-hybridized carbons (Fsp3) is 0.471. The summed E-state index contributed by atoms with van der Waals surface area (Å²) in [5.74, 6) is -0.634. The van der Waals surface area contributed by atoms with Crippen LogP contribution in [0.1, 0.15) is 12.6 Å². The molecule has 6 atom stereocenters. The van der Waals surface area contributed by atoms with Crippen LogP contribution in [-0.4, -0.2) is 63.9 Å². The number of ether oxygens (including phenoxy) is 2. The first-order valence-corrected chi connectivity index (χ1v) is 10.0. The fourth-order valence-corrected chi connectivity index (χ4v) is 3.98. The first-order valence-electron chi connectivity index (χ1n) is 8.87. The molecule has 0 radical (unpaired) electrons. The van der Waals surface area contributed by atoms with Crippen molar-refractivity contribution in [3.63, 3.8) is 0 Å². The number of fused-ring (bicyclic) bond motifs is 1. The second-order valence-corrected chi connectivity index (χ2v) is 7.70. The number of carbonyl (C=O) groups excluding carboxylic acids is 1. The maximum Gasteiger partial charge on any atom is 0.613 e. The van der Waals surface area contributed by atoms with Gasteiger partial charge in [-0.3, -0.25) is 4.79 Å². The summed E-state index contributed by atoms with van der Waals surface area (Å²) in [6.45, 7) is 1.01. The summed E-state index contributed by atoms with van der Waals surface area (Å²) in [5.41, 5.74) is 5.01. The second-order valence-electron chi connectivity index (χ2n) is 6.67. The molecular weight excluding hydrogens is 417 g/mol. The van der Waals surface area contributed by atoms with Crippen molar-refractivity contribution in [2.75, 3.05) is 19.5 Å². The first-order chi connectivity index (χ1) is 14.2. The third-order valence-electron chi connectivity index (χ3n) is 4.80. The summed E-state index contributed by atoms with van der Waals surface area (Å²) >= 11 is 0. The molecule has 3 rings (SSSR count). The van der Waals surface area contributed by atoms with Crippen molar-refractivity contribution in [2.24, 2.45) is 0 Å². The van der Waals surface area contributed by atoms with Gasteiger partial charge in [0.15, 0.2) is 0 Å². The molecule has 1 aliphatic rings. The van der Waals surface area contributed by atoms with Gasteiger partial charge in [0, 0.05) is 6.20 Å². The predicted molar refractivity (Wildman–Crippen MR) is 102 cm³/mol. The van der Waals surface area contributed by atoms with Gasteiger partial charge >= 0.3 is 14.1 Å². The van der Waals surface area contributed by atoms with Crippen LogP contribution < -0.4 is 10.8 Å². The number of nitriles is 1. The number of aliphatic hydroxyl groups excluding tert-OH is 2. The third kappa shape index (κ3) is 3.75.